The quantitative estimate of drug-likeness (QED) is 0.668. The first-order valence-electron chi connectivity index (χ1n) is 9.89. The van der Waals surface area contributed by atoms with E-state index >= 15 is 0 Å². The van der Waals surface area contributed by atoms with Gasteiger partial charge in [0.15, 0.2) is 11.0 Å². The van der Waals surface area contributed by atoms with Crippen molar-refractivity contribution in [3.05, 3.63) is 75.4 Å². The van der Waals surface area contributed by atoms with Crippen molar-refractivity contribution in [3.63, 3.8) is 0 Å². The van der Waals surface area contributed by atoms with Crippen molar-refractivity contribution in [3.8, 4) is 0 Å². The van der Waals surface area contributed by atoms with Gasteiger partial charge in [0.25, 0.3) is 11.8 Å². The number of carbonyl (C=O) groups is 2. The Hall–Kier alpha value is -3.48. The van der Waals surface area contributed by atoms with Crippen molar-refractivity contribution in [2.75, 3.05) is 18.5 Å². The number of anilines is 1. The molecule has 30 heavy (non-hydrogen) atoms. The molecule has 0 bridgehead atoms. The smallest absolute Gasteiger partial charge is 0.291 e. The minimum absolute atomic E-state index is 0.0121. The third-order valence-corrected chi connectivity index (χ3v) is 6.06. The molecule has 0 N–H and O–H groups in total. The maximum Gasteiger partial charge on any atom is 0.291 e. The van der Waals surface area contributed by atoms with Crippen molar-refractivity contribution in [1.29, 1.82) is 0 Å². The molecule has 1 atom stereocenters. The van der Waals surface area contributed by atoms with Crippen molar-refractivity contribution >= 4 is 28.5 Å². The molecular weight excluding hydrogens is 387 g/mol. The maximum atomic E-state index is 13.9. The first-order chi connectivity index (χ1) is 14.4. The lowest BCUT2D eigenvalue weighted by Gasteiger charge is -2.33. The van der Waals surface area contributed by atoms with E-state index in [9.17, 15) is 18.8 Å². The topological polar surface area (TPSA) is 70.8 Å². The summed E-state index contributed by atoms with van der Waals surface area (Å²) >= 11 is 0. The average Bonchev–Trinajstić information content (AvgIpc) is 3.12. The van der Waals surface area contributed by atoms with E-state index in [0.29, 0.717) is 17.7 Å². The SMILES string of the molecule is CCCCN1C(=O)c2oc3ccc(F)cc3c(=O)c2C12C(=O)N(C)c1ccccc12. The molecule has 0 radical (unpaired) electrons. The van der Waals surface area contributed by atoms with Crippen LogP contribution in [0.5, 0.6) is 0 Å². The Labute approximate surface area is 171 Å². The fourth-order valence-electron chi connectivity index (χ4n) is 4.68. The molecule has 1 spiro atoms. The zero-order valence-corrected chi connectivity index (χ0v) is 16.6. The number of likely N-dealkylation sites (N-methyl/N-ethyl adjacent to an activating group) is 1. The van der Waals surface area contributed by atoms with Gasteiger partial charge in [-0.1, -0.05) is 31.5 Å². The Morgan fingerprint density at radius 1 is 1.10 bits per heavy atom. The largest absolute Gasteiger partial charge is 0.450 e. The number of unbranched alkanes of at least 4 members (excludes halogenated alkanes) is 1. The average molecular weight is 406 g/mol. The molecule has 0 saturated heterocycles. The monoisotopic (exact) mass is 406 g/mol. The highest BCUT2D eigenvalue weighted by Crippen LogP contribution is 2.52. The molecule has 3 aromatic rings. The molecule has 2 aliphatic rings. The van der Waals surface area contributed by atoms with Crippen LogP contribution < -0.4 is 10.3 Å². The summed E-state index contributed by atoms with van der Waals surface area (Å²) in [4.78, 5) is 43.6. The number of rotatable bonds is 3. The van der Waals surface area contributed by atoms with Gasteiger partial charge < -0.3 is 14.2 Å². The molecule has 0 aliphatic carbocycles. The fourth-order valence-corrected chi connectivity index (χ4v) is 4.68. The number of hydrogen-bond donors (Lipinski definition) is 0. The summed E-state index contributed by atoms with van der Waals surface area (Å²) in [7, 11) is 1.62. The molecule has 2 aromatic carbocycles. The number of carbonyl (C=O) groups excluding carboxylic acids is 2. The number of nitrogens with zero attached hydrogens (tertiary/aromatic N) is 2. The molecular formula is C23H19FN2O4. The molecule has 2 aliphatic heterocycles. The van der Waals surface area contributed by atoms with Gasteiger partial charge in [-0.15, -0.1) is 0 Å². The second kappa shape index (κ2) is 6.26. The number of amides is 2. The van der Waals surface area contributed by atoms with Gasteiger partial charge in [0, 0.05) is 24.8 Å². The van der Waals surface area contributed by atoms with Crippen molar-refractivity contribution in [2.45, 2.75) is 25.3 Å². The highest BCUT2D eigenvalue weighted by atomic mass is 19.1. The molecule has 6 nitrogen and oxygen atoms in total. The summed E-state index contributed by atoms with van der Waals surface area (Å²) in [5.74, 6) is -1.63. The van der Waals surface area contributed by atoms with Crippen LogP contribution in [-0.4, -0.2) is 30.3 Å². The summed E-state index contributed by atoms with van der Waals surface area (Å²) in [5.41, 5.74) is -0.881. The van der Waals surface area contributed by atoms with E-state index in [-0.39, 0.29) is 28.8 Å². The zero-order chi connectivity index (χ0) is 21.2. The first kappa shape index (κ1) is 18.5. The molecule has 1 unspecified atom stereocenters. The number of hydrogen-bond acceptors (Lipinski definition) is 4. The van der Waals surface area contributed by atoms with Crippen LogP contribution in [0.2, 0.25) is 0 Å². The van der Waals surface area contributed by atoms with Gasteiger partial charge in [-0.25, -0.2) is 4.39 Å². The van der Waals surface area contributed by atoms with Gasteiger partial charge in [-0.2, -0.15) is 0 Å². The second-order valence-electron chi connectivity index (χ2n) is 7.68. The Morgan fingerprint density at radius 2 is 1.87 bits per heavy atom. The van der Waals surface area contributed by atoms with Crippen LogP contribution in [0.15, 0.2) is 51.7 Å². The minimum Gasteiger partial charge on any atom is -0.450 e. The van der Waals surface area contributed by atoms with Crippen LogP contribution >= 0.6 is 0 Å². The van der Waals surface area contributed by atoms with E-state index in [2.05, 4.69) is 0 Å². The number of fused-ring (bicyclic) bond motifs is 5. The van der Waals surface area contributed by atoms with Gasteiger partial charge in [0.2, 0.25) is 5.76 Å². The Morgan fingerprint density at radius 3 is 2.63 bits per heavy atom. The third kappa shape index (κ3) is 2.09. The van der Waals surface area contributed by atoms with Gasteiger partial charge in [0.1, 0.15) is 11.4 Å². The third-order valence-electron chi connectivity index (χ3n) is 6.06. The number of para-hydroxylation sites is 1. The summed E-state index contributed by atoms with van der Waals surface area (Å²) in [6, 6.07) is 10.7. The highest BCUT2D eigenvalue weighted by molar-refractivity contribution is 6.16. The maximum absolute atomic E-state index is 13.9. The Bertz CT molecular complexity index is 1300. The molecule has 5 rings (SSSR count). The molecule has 152 valence electrons. The van der Waals surface area contributed by atoms with E-state index < -0.39 is 28.6 Å². The van der Waals surface area contributed by atoms with E-state index in [1.54, 1.807) is 31.3 Å². The first-order valence-corrected chi connectivity index (χ1v) is 9.89. The van der Waals surface area contributed by atoms with Crippen LogP contribution in [0.25, 0.3) is 11.0 Å². The Kier molecular flexibility index (Phi) is 3.87. The molecule has 0 fully saturated rings. The molecule has 0 saturated carbocycles. The van der Waals surface area contributed by atoms with E-state index in [0.717, 1.165) is 12.5 Å². The second-order valence-corrected chi connectivity index (χ2v) is 7.68. The van der Waals surface area contributed by atoms with Gasteiger partial charge >= 0.3 is 0 Å². The van der Waals surface area contributed by atoms with Crippen LogP contribution in [0, 0.1) is 5.82 Å². The summed E-state index contributed by atoms with van der Waals surface area (Å²) in [6.07, 6.45) is 1.46. The van der Waals surface area contributed by atoms with Crippen LogP contribution in [0.1, 0.15) is 41.4 Å². The predicted molar refractivity (Wildman–Crippen MR) is 109 cm³/mol. The van der Waals surface area contributed by atoms with E-state index in [4.69, 9.17) is 4.42 Å². The normalized spacial score (nSPS) is 19.8. The minimum atomic E-state index is -1.60. The van der Waals surface area contributed by atoms with Crippen molar-refractivity contribution < 1.29 is 18.4 Å². The summed E-state index contributed by atoms with van der Waals surface area (Å²) in [5, 5.41) is 0.0121. The van der Waals surface area contributed by atoms with Gasteiger partial charge in [0.05, 0.1) is 10.9 Å². The number of benzene rings is 2. The van der Waals surface area contributed by atoms with Gasteiger partial charge in [-0.05, 0) is 30.7 Å². The van der Waals surface area contributed by atoms with Gasteiger partial charge in [-0.3, -0.25) is 14.4 Å². The standard InChI is InChI=1S/C23H19FN2O4/c1-3-4-11-26-21(28)20-18(19(27)14-12-13(24)9-10-17(14)30-20)23(26)15-7-5-6-8-16(15)25(2)22(23)29/h5-10,12H,3-4,11H2,1-2H3. The highest BCUT2D eigenvalue weighted by Gasteiger charge is 2.64. The van der Waals surface area contributed by atoms with Crippen LogP contribution in [-0.2, 0) is 10.3 Å². The Balaban J connectivity index is 1.93. The number of halogens is 1. The van der Waals surface area contributed by atoms with Crippen molar-refractivity contribution in [2.24, 2.45) is 0 Å². The lowest BCUT2D eigenvalue weighted by atomic mass is 9.84. The predicted octanol–water partition coefficient (Wildman–Crippen LogP) is 3.41. The van der Waals surface area contributed by atoms with Crippen LogP contribution in [0.4, 0.5) is 10.1 Å². The summed E-state index contributed by atoms with van der Waals surface area (Å²) < 4.78 is 19.7. The molecule has 7 heteroatoms. The van der Waals surface area contributed by atoms with Crippen molar-refractivity contribution in [1.82, 2.24) is 4.90 Å². The molecule has 2 amide bonds. The van der Waals surface area contributed by atoms with E-state index in [1.807, 2.05) is 6.92 Å². The summed E-state index contributed by atoms with van der Waals surface area (Å²) in [6.45, 7) is 2.27. The molecule has 1 aromatic heterocycles. The lowest BCUT2D eigenvalue weighted by Crippen LogP contribution is -2.53. The fraction of sp³-hybridized carbons (Fsp3) is 0.261. The lowest BCUT2D eigenvalue weighted by molar-refractivity contribution is -0.125. The molecule has 3 heterocycles. The van der Waals surface area contributed by atoms with E-state index in [1.165, 1.54) is 21.9 Å². The zero-order valence-electron chi connectivity index (χ0n) is 16.6. The van der Waals surface area contributed by atoms with Crippen LogP contribution in [0.3, 0.4) is 0 Å².